The molecule has 2 heterocycles. The first-order valence-corrected chi connectivity index (χ1v) is 7.17. The van der Waals surface area contributed by atoms with Crippen molar-refractivity contribution in [1.82, 2.24) is 9.55 Å². The van der Waals surface area contributed by atoms with Gasteiger partial charge in [0.1, 0.15) is 24.1 Å². The van der Waals surface area contributed by atoms with Gasteiger partial charge in [-0.2, -0.15) is 4.98 Å². The Balaban J connectivity index is 2.35. The fourth-order valence-corrected chi connectivity index (χ4v) is 2.29. The minimum Gasteiger partial charge on any atom is -0.394 e. The van der Waals surface area contributed by atoms with Crippen LogP contribution in [0.15, 0.2) is 17.1 Å². The van der Waals surface area contributed by atoms with Crippen LogP contribution in [-0.2, 0) is 4.74 Å². The van der Waals surface area contributed by atoms with Crippen molar-refractivity contribution in [2.75, 3.05) is 12.3 Å². The van der Waals surface area contributed by atoms with E-state index in [9.17, 15) is 15.0 Å². The van der Waals surface area contributed by atoms with Gasteiger partial charge in [0.2, 0.25) is 0 Å². The number of anilines is 1. The molecular weight excluding hydrogens is 290 g/mol. The number of unbranched alkanes of at least 4 members (excludes halogenated alkanes) is 1. The van der Waals surface area contributed by atoms with Crippen LogP contribution in [0.5, 0.6) is 0 Å². The van der Waals surface area contributed by atoms with E-state index >= 15 is 0 Å². The maximum atomic E-state index is 12.0. The zero-order chi connectivity index (χ0) is 16.3. The van der Waals surface area contributed by atoms with E-state index < -0.39 is 36.8 Å². The van der Waals surface area contributed by atoms with Crippen LogP contribution in [0.3, 0.4) is 0 Å². The summed E-state index contributed by atoms with van der Waals surface area (Å²) in [6.07, 6.45) is 2.20. The Kier molecular flexibility index (Phi) is 5.30. The second-order valence-electron chi connectivity index (χ2n) is 5.19. The molecule has 1 aromatic heterocycles. The van der Waals surface area contributed by atoms with Crippen LogP contribution >= 0.6 is 0 Å². The third kappa shape index (κ3) is 3.20. The summed E-state index contributed by atoms with van der Waals surface area (Å²) in [4.78, 5) is 15.7. The SMILES string of the molecule is CCCC=Cc1cn([C@@H]2O[C@H](CO)C(O)C2O)c(=O)nc1N. The zero-order valence-corrected chi connectivity index (χ0v) is 12.3. The predicted octanol–water partition coefficient (Wildman–Crippen LogP) is -0.750. The van der Waals surface area contributed by atoms with Crippen molar-refractivity contribution >= 4 is 11.9 Å². The molecule has 0 aromatic carbocycles. The summed E-state index contributed by atoms with van der Waals surface area (Å²) >= 11 is 0. The highest BCUT2D eigenvalue weighted by atomic mass is 16.6. The molecule has 0 saturated carbocycles. The van der Waals surface area contributed by atoms with E-state index in [-0.39, 0.29) is 5.82 Å². The van der Waals surface area contributed by atoms with Crippen LogP contribution in [0.2, 0.25) is 0 Å². The Hall–Kier alpha value is -1.74. The number of aliphatic hydroxyl groups excluding tert-OH is 3. The van der Waals surface area contributed by atoms with Crippen LogP contribution in [0.4, 0.5) is 5.82 Å². The first-order valence-electron chi connectivity index (χ1n) is 7.17. The predicted molar refractivity (Wildman–Crippen MR) is 79.9 cm³/mol. The highest BCUT2D eigenvalue weighted by molar-refractivity contribution is 5.59. The number of nitrogen functional groups attached to an aromatic ring is 1. The van der Waals surface area contributed by atoms with Gasteiger partial charge >= 0.3 is 5.69 Å². The van der Waals surface area contributed by atoms with Gasteiger partial charge in [-0.3, -0.25) is 4.57 Å². The van der Waals surface area contributed by atoms with Crippen LogP contribution in [0.25, 0.3) is 6.08 Å². The smallest absolute Gasteiger partial charge is 0.351 e. The molecular formula is C14H21N3O5. The molecule has 22 heavy (non-hydrogen) atoms. The third-order valence-electron chi connectivity index (χ3n) is 3.55. The van der Waals surface area contributed by atoms with Crippen molar-refractivity contribution < 1.29 is 20.1 Å². The molecule has 0 aliphatic carbocycles. The molecule has 2 rings (SSSR count). The molecule has 2 unspecified atom stereocenters. The average Bonchev–Trinajstić information content (AvgIpc) is 2.77. The van der Waals surface area contributed by atoms with Crippen molar-refractivity contribution in [2.45, 2.75) is 44.3 Å². The monoisotopic (exact) mass is 311 g/mol. The lowest BCUT2D eigenvalue weighted by Crippen LogP contribution is -2.36. The van der Waals surface area contributed by atoms with Gasteiger partial charge in [-0.25, -0.2) is 4.79 Å². The number of rotatable bonds is 5. The minimum absolute atomic E-state index is 0.0837. The van der Waals surface area contributed by atoms with E-state index in [0.29, 0.717) is 5.56 Å². The molecule has 0 spiro atoms. The molecule has 0 radical (unpaired) electrons. The van der Waals surface area contributed by atoms with Crippen LogP contribution in [0.1, 0.15) is 31.6 Å². The van der Waals surface area contributed by atoms with Crippen molar-refractivity contribution in [3.8, 4) is 0 Å². The standard InChI is InChI=1S/C14H21N3O5/c1-2-3-4-5-8-6-17(14(21)16-12(8)15)13-11(20)10(19)9(7-18)22-13/h4-6,9-11,13,18-20H,2-3,7H2,1H3,(H2,15,16,21)/t9-,10?,11?,13-/m1/s1. The number of aromatic nitrogens is 2. The maximum absolute atomic E-state index is 12.0. The van der Waals surface area contributed by atoms with Gasteiger partial charge in [0, 0.05) is 11.8 Å². The van der Waals surface area contributed by atoms with Crippen molar-refractivity contribution in [3.63, 3.8) is 0 Å². The number of nitrogens with zero attached hydrogens (tertiary/aromatic N) is 2. The fraction of sp³-hybridized carbons (Fsp3) is 0.571. The first-order chi connectivity index (χ1) is 10.5. The molecule has 0 amide bonds. The number of nitrogens with two attached hydrogens (primary N) is 1. The fourth-order valence-electron chi connectivity index (χ4n) is 2.29. The number of ether oxygens (including phenoxy) is 1. The van der Waals surface area contributed by atoms with Gasteiger partial charge in [-0.15, -0.1) is 0 Å². The van der Waals surface area contributed by atoms with Crippen molar-refractivity contribution in [2.24, 2.45) is 0 Å². The van der Waals surface area contributed by atoms with E-state index in [1.54, 1.807) is 6.08 Å². The Bertz CT molecular complexity index is 601. The summed E-state index contributed by atoms with van der Waals surface area (Å²) in [6, 6.07) is 0. The zero-order valence-electron chi connectivity index (χ0n) is 12.3. The number of aliphatic hydroxyl groups is 3. The summed E-state index contributed by atoms with van der Waals surface area (Å²) in [5.41, 5.74) is 5.54. The maximum Gasteiger partial charge on any atom is 0.351 e. The second kappa shape index (κ2) is 7.01. The van der Waals surface area contributed by atoms with E-state index in [0.717, 1.165) is 17.4 Å². The molecule has 8 nitrogen and oxygen atoms in total. The van der Waals surface area contributed by atoms with Crippen LogP contribution in [-0.4, -0.2) is 49.8 Å². The topological polar surface area (TPSA) is 131 Å². The lowest BCUT2D eigenvalue weighted by atomic mass is 10.1. The minimum atomic E-state index is -1.34. The van der Waals surface area contributed by atoms with E-state index in [1.807, 2.05) is 13.0 Å². The second-order valence-corrected chi connectivity index (χ2v) is 5.19. The summed E-state index contributed by atoms with van der Waals surface area (Å²) < 4.78 is 6.41. The van der Waals surface area contributed by atoms with Gasteiger partial charge in [0.15, 0.2) is 6.23 Å². The van der Waals surface area contributed by atoms with Crippen molar-refractivity contribution in [3.05, 3.63) is 28.3 Å². The summed E-state index contributed by atoms with van der Waals surface area (Å²) in [7, 11) is 0. The lowest BCUT2D eigenvalue weighted by Gasteiger charge is -2.18. The number of hydrogen-bond donors (Lipinski definition) is 4. The van der Waals surface area contributed by atoms with Gasteiger partial charge in [-0.05, 0) is 6.42 Å². The van der Waals surface area contributed by atoms with Gasteiger partial charge in [0.25, 0.3) is 0 Å². The molecule has 8 heteroatoms. The average molecular weight is 311 g/mol. The Morgan fingerprint density at radius 2 is 2.18 bits per heavy atom. The number of hydrogen-bond acceptors (Lipinski definition) is 7. The van der Waals surface area contributed by atoms with Crippen molar-refractivity contribution in [1.29, 1.82) is 0 Å². The molecule has 5 N–H and O–H groups in total. The van der Waals surface area contributed by atoms with E-state index in [4.69, 9.17) is 15.6 Å². The number of allylic oxidation sites excluding steroid dienone is 1. The lowest BCUT2D eigenvalue weighted by molar-refractivity contribution is -0.0549. The summed E-state index contributed by atoms with van der Waals surface area (Å²) in [5.74, 6) is 0.0837. The molecule has 1 aliphatic rings. The molecule has 1 aromatic rings. The summed E-state index contributed by atoms with van der Waals surface area (Å²) in [5, 5.41) is 28.9. The molecule has 1 saturated heterocycles. The van der Waals surface area contributed by atoms with Gasteiger partial charge in [-0.1, -0.05) is 25.5 Å². The third-order valence-corrected chi connectivity index (χ3v) is 3.55. The molecule has 1 aliphatic heterocycles. The summed E-state index contributed by atoms with van der Waals surface area (Å²) in [6.45, 7) is 1.57. The quantitative estimate of drug-likeness (QED) is 0.562. The largest absolute Gasteiger partial charge is 0.394 e. The Morgan fingerprint density at radius 1 is 1.45 bits per heavy atom. The van der Waals surface area contributed by atoms with Gasteiger partial charge < -0.3 is 25.8 Å². The molecule has 4 atom stereocenters. The van der Waals surface area contributed by atoms with E-state index in [2.05, 4.69) is 4.98 Å². The highest BCUT2D eigenvalue weighted by Crippen LogP contribution is 2.28. The molecule has 122 valence electrons. The highest BCUT2D eigenvalue weighted by Gasteiger charge is 2.43. The Labute approximate surface area is 127 Å². The van der Waals surface area contributed by atoms with Crippen LogP contribution < -0.4 is 11.4 Å². The first kappa shape index (κ1) is 16.6. The Morgan fingerprint density at radius 3 is 2.77 bits per heavy atom. The van der Waals surface area contributed by atoms with E-state index in [1.165, 1.54) is 6.20 Å². The molecule has 1 fully saturated rings. The van der Waals surface area contributed by atoms with Gasteiger partial charge in [0.05, 0.1) is 6.61 Å². The van der Waals surface area contributed by atoms with Crippen LogP contribution in [0, 0.1) is 0 Å². The normalized spacial score (nSPS) is 28.5. The molecule has 0 bridgehead atoms.